The van der Waals surface area contributed by atoms with Crippen LogP contribution in [0.4, 0.5) is 0 Å². The average molecular weight is 816 g/mol. The van der Waals surface area contributed by atoms with Crippen LogP contribution in [0.5, 0.6) is 0 Å². The Hall–Kier alpha value is -1.25. The smallest absolute Gasteiger partial charge is 0.462 e. The van der Waals surface area contributed by atoms with Crippen molar-refractivity contribution >= 4 is 19.8 Å². The maximum Gasteiger partial charge on any atom is 0.472 e. The van der Waals surface area contributed by atoms with E-state index in [1.165, 1.54) is 154 Å². The maximum absolute atomic E-state index is 12.6. The fourth-order valence-corrected chi connectivity index (χ4v) is 7.63. The number of ether oxygens (including phenoxy) is 2. The lowest BCUT2D eigenvalue weighted by atomic mass is 10.0. The van der Waals surface area contributed by atoms with Gasteiger partial charge < -0.3 is 20.1 Å². The van der Waals surface area contributed by atoms with Crippen LogP contribution in [0.3, 0.4) is 0 Å². The van der Waals surface area contributed by atoms with E-state index in [1.807, 2.05) is 0 Å². The van der Waals surface area contributed by atoms with Crippen molar-refractivity contribution in [2.24, 2.45) is 5.73 Å². The van der Waals surface area contributed by atoms with Crippen LogP contribution in [0.15, 0.2) is 12.2 Å². The number of hydrogen-bond acceptors (Lipinski definition) is 8. The first-order chi connectivity index (χ1) is 27.3. The molecule has 56 heavy (non-hydrogen) atoms. The van der Waals surface area contributed by atoms with Crippen LogP contribution in [-0.2, 0) is 32.7 Å². The molecule has 0 heterocycles. The van der Waals surface area contributed by atoms with Crippen molar-refractivity contribution in [2.75, 3.05) is 26.4 Å². The predicted molar refractivity (Wildman–Crippen MR) is 234 cm³/mol. The van der Waals surface area contributed by atoms with Gasteiger partial charge in [0.15, 0.2) is 6.10 Å². The minimum absolute atomic E-state index is 0.0550. The van der Waals surface area contributed by atoms with Crippen LogP contribution in [0, 0.1) is 0 Å². The van der Waals surface area contributed by atoms with Crippen molar-refractivity contribution in [3.63, 3.8) is 0 Å². The monoisotopic (exact) mass is 816 g/mol. The summed E-state index contributed by atoms with van der Waals surface area (Å²) >= 11 is 0. The van der Waals surface area contributed by atoms with Crippen LogP contribution in [-0.4, -0.2) is 49.3 Å². The van der Waals surface area contributed by atoms with E-state index in [-0.39, 0.29) is 38.6 Å². The van der Waals surface area contributed by atoms with Crippen molar-refractivity contribution < 1.29 is 37.6 Å². The molecular weight excluding hydrogens is 725 g/mol. The zero-order valence-electron chi connectivity index (χ0n) is 36.6. The Morgan fingerprint density at radius 1 is 0.518 bits per heavy atom. The number of phosphoric ester groups is 1. The number of esters is 2. The molecule has 0 rings (SSSR count). The fourth-order valence-electron chi connectivity index (χ4n) is 6.87. The molecule has 2 unspecified atom stereocenters. The van der Waals surface area contributed by atoms with E-state index in [1.54, 1.807) is 0 Å². The van der Waals surface area contributed by atoms with Gasteiger partial charge in [0.25, 0.3) is 0 Å². The van der Waals surface area contributed by atoms with Crippen LogP contribution >= 0.6 is 7.82 Å². The van der Waals surface area contributed by atoms with Crippen molar-refractivity contribution in [1.29, 1.82) is 0 Å². The molecule has 3 N–H and O–H groups in total. The molecule has 10 heteroatoms. The maximum atomic E-state index is 12.6. The summed E-state index contributed by atoms with van der Waals surface area (Å²) in [7, 11) is -4.37. The first-order valence-corrected chi connectivity index (χ1v) is 25.2. The molecule has 0 aromatic rings. The van der Waals surface area contributed by atoms with E-state index in [0.717, 1.165) is 51.4 Å². The number of rotatable bonds is 45. The Bertz CT molecular complexity index is 933. The van der Waals surface area contributed by atoms with Gasteiger partial charge in [-0.25, -0.2) is 4.57 Å². The summed E-state index contributed by atoms with van der Waals surface area (Å²) < 4.78 is 32.8. The van der Waals surface area contributed by atoms with Crippen LogP contribution in [0.25, 0.3) is 0 Å². The van der Waals surface area contributed by atoms with Gasteiger partial charge in [0.1, 0.15) is 6.61 Å². The Morgan fingerprint density at radius 2 is 0.875 bits per heavy atom. The van der Waals surface area contributed by atoms with Crippen molar-refractivity contribution in [3.05, 3.63) is 12.2 Å². The third kappa shape index (κ3) is 42.4. The van der Waals surface area contributed by atoms with Gasteiger partial charge in [-0.1, -0.05) is 199 Å². The second-order valence-corrected chi connectivity index (χ2v) is 17.4. The zero-order chi connectivity index (χ0) is 41.1. The molecule has 0 aliphatic rings. The molecular formula is C46H90NO8P. The van der Waals surface area contributed by atoms with Gasteiger partial charge in [-0.05, 0) is 38.5 Å². The number of hydrogen-bond donors (Lipinski definition) is 2. The molecule has 0 aliphatic heterocycles. The van der Waals surface area contributed by atoms with Crippen LogP contribution in [0.1, 0.15) is 239 Å². The molecule has 0 saturated heterocycles. The highest BCUT2D eigenvalue weighted by atomic mass is 31.2. The van der Waals surface area contributed by atoms with E-state index in [4.69, 9.17) is 24.3 Å². The van der Waals surface area contributed by atoms with Crippen molar-refractivity contribution in [3.8, 4) is 0 Å². The second kappa shape index (κ2) is 43.3. The van der Waals surface area contributed by atoms with Crippen molar-refractivity contribution in [1.82, 2.24) is 0 Å². The SMILES string of the molecule is CCCCCCCC/C=C\CCCCCCCC(=O)OC(COC(=O)CCCCCCCCCCCCCCCCCCCCCC)COP(=O)(O)OCCN. The first-order valence-electron chi connectivity index (χ1n) is 23.7. The number of carbonyl (C=O) groups is 2. The van der Waals surface area contributed by atoms with Gasteiger partial charge in [0.2, 0.25) is 0 Å². The topological polar surface area (TPSA) is 134 Å². The number of allylic oxidation sites excluding steroid dienone is 2. The number of carbonyl (C=O) groups excluding carboxylic acids is 2. The molecule has 0 bridgehead atoms. The average Bonchev–Trinajstić information content (AvgIpc) is 3.18. The van der Waals surface area contributed by atoms with E-state index in [2.05, 4.69) is 26.0 Å². The summed E-state index contributed by atoms with van der Waals surface area (Å²) in [5.41, 5.74) is 5.35. The van der Waals surface area contributed by atoms with Gasteiger partial charge in [0.05, 0.1) is 13.2 Å². The van der Waals surface area contributed by atoms with E-state index in [9.17, 15) is 19.0 Å². The van der Waals surface area contributed by atoms with Gasteiger partial charge in [0, 0.05) is 19.4 Å². The lowest BCUT2D eigenvalue weighted by Crippen LogP contribution is -2.29. The highest BCUT2D eigenvalue weighted by molar-refractivity contribution is 7.47. The fraction of sp³-hybridized carbons (Fsp3) is 0.913. The highest BCUT2D eigenvalue weighted by Crippen LogP contribution is 2.43. The summed E-state index contributed by atoms with van der Waals surface area (Å²) in [5.74, 6) is -0.825. The third-order valence-corrected chi connectivity index (χ3v) is 11.4. The van der Waals surface area contributed by atoms with Crippen LogP contribution < -0.4 is 5.73 Å². The standard InChI is InChI=1S/C46H90NO8P/c1-3-5-7-9-11-13-15-17-19-20-21-22-23-25-26-28-30-32-34-36-38-45(48)52-42-44(43-54-56(50,51)53-41-40-47)55-46(49)39-37-35-33-31-29-27-24-18-16-14-12-10-8-6-4-2/h18,24,44H,3-17,19-23,25-43,47H2,1-2H3,(H,50,51)/b24-18-. The predicted octanol–water partition coefficient (Wildman–Crippen LogP) is 13.8. The molecule has 0 amide bonds. The molecule has 0 aromatic carbocycles. The lowest BCUT2D eigenvalue weighted by molar-refractivity contribution is -0.161. The summed E-state index contributed by atoms with van der Waals surface area (Å²) in [6.45, 7) is 3.76. The molecule has 0 aliphatic carbocycles. The first kappa shape index (κ1) is 54.8. The molecule has 0 aromatic heterocycles. The largest absolute Gasteiger partial charge is 0.472 e. The number of unbranched alkanes of at least 4 members (excludes halogenated alkanes) is 30. The highest BCUT2D eigenvalue weighted by Gasteiger charge is 2.26. The quantitative estimate of drug-likeness (QED) is 0.0266. The minimum Gasteiger partial charge on any atom is -0.462 e. The minimum atomic E-state index is -4.37. The molecule has 2 atom stereocenters. The van der Waals surface area contributed by atoms with Crippen LogP contribution in [0.2, 0.25) is 0 Å². The summed E-state index contributed by atoms with van der Waals surface area (Å²) in [6, 6.07) is 0. The van der Waals surface area contributed by atoms with E-state index >= 15 is 0 Å². The van der Waals surface area contributed by atoms with Gasteiger partial charge in [-0.3, -0.25) is 18.6 Å². The summed E-state index contributed by atoms with van der Waals surface area (Å²) in [5, 5.41) is 0. The molecule has 0 saturated carbocycles. The van der Waals surface area contributed by atoms with Gasteiger partial charge >= 0.3 is 19.8 Å². The second-order valence-electron chi connectivity index (χ2n) is 16.0. The Kier molecular flexibility index (Phi) is 42.4. The van der Waals surface area contributed by atoms with Gasteiger partial charge in [-0.15, -0.1) is 0 Å². The molecule has 0 radical (unpaired) electrons. The molecule has 0 fully saturated rings. The molecule has 0 spiro atoms. The Morgan fingerprint density at radius 3 is 1.27 bits per heavy atom. The normalized spacial score (nSPS) is 13.3. The number of phosphoric acid groups is 1. The van der Waals surface area contributed by atoms with E-state index in [0.29, 0.717) is 6.42 Å². The molecule has 332 valence electrons. The number of nitrogens with two attached hydrogens (primary N) is 1. The zero-order valence-corrected chi connectivity index (χ0v) is 37.5. The van der Waals surface area contributed by atoms with E-state index < -0.39 is 26.5 Å². The Labute approximate surface area is 345 Å². The Balaban J connectivity index is 4.05. The summed E-state index contributed by atoms with van der Waals surface area (Å²) in [6.07, 6.45) is 45.3. The summed E-state index contributed by atoms with van der Waals surface area (Å²) in [4.78, 5) is 34.9. The molecule has 9 nitrogen and oxygen atoms in total. The third-order valence-electron chi connectivity index (χ3n) is 10.4. The lowest BCUT2D eigenvalue weighted by Gasteiger charge is -2.19. The van der Waals surface area contributed by atoms with Crippen molar-refractivity contribution in [2.45, 2.75) is 245 Å². The van der Waals surface area contributed by atoms with Gasteiger partial charge in [-0.2, -0.15) is 0 Å².